The minimum Gasteiger partial charge on any atom is -0.462 e. The molecule has 1 heterocycles. The van der Waals surface area contributed by atoms with Gasteiger partial charge in [-0.1, -0.05) is 39.0 Å². The van der Waals surface area contributed by atoms with Crippen LogP contribution < -0.4 is 9.64 Å². The van der Waals surface area contributed by atoms with Crippen LogP contribution in [0.25, 0.3) is 0 Å². The fourth-order valence-electron chi connectivity index (χ4n) is 4.17. The van der Waals surface area contributed by atoms with Gasteiger partial charge in [-0.3, -0.25) is 19.7 Å². The third-order valence-corrected chi connectivity index (χ3v) is 6.23. The molecule has 0 radical (unpaired) electrons. The van der Waals surface area contributed by atoms with E-state index < -0.39 is 22.7 Å². The summed E-state index contributed by atoms with van der Waals surface area (Å²) in [5, 5.41) is 10.8. The van der Waals surface area contributed by atoms with Gasteiger partial charge in [0.05, 0.1) is 33.9 Å². The molecule has 0 bridgehead atoms. The first kappa shape index (κ1) is 26.5. The first-order valence-corrected chi connectivity index (χ1v) is 12.6. The third kappa shape index (κ3) is 6.05. The van der Waals surface area contributed by atoms with Crippen LogP contribution in [0.4, 0.5) is 11.4 Å². The summed E-state index contributed by atoms with van der Waals surface area (Å²) in [6, 6.07) is 16.2. The van der Waals surface area contributed by atoms with Crippen molar-refractivity contribution in [3.63, 3.8) is 0 Å². The van der Waals surface area contributed by atoms with E-state index in [1.165, 1.54) is 79.9 Å². The van der Waals surface area contributed by atoms with Crippen molar-refractivity contribution in [3.8, 4) is 11.5 Å². The number of hydrogen-bond donors (Lipinski definition) is 0. The van der Waals surface area contributed by atoms with E-state index in [1.807, 2.05) is 0 Å². The Hall–Kier alpha value is -4.53. The van der Waals surface area contributed by atoms with Crippen molar-refractivity contribution in [3.05, 3.63) is 93.5 Å². The Bertz CT molecular complexity index is 1330. The Balaban J connectivity index is 1.38. The van der Waals surface area contributed by atoms with E-state index in [0.717, 1.165) is 24.2 Å². The number of benzene rings is 3. The molecule has 3 aromatic rings. The molecule has 1 aliphatic heterocycles. The topological polar surface area (TPSA) is 116 Å². The smallest absolute Gasteiger partial charge is 0.338 e. The highest BCUT2D eigenvalue weighted by molar-refractivity contribution is 6.34. The van der Waals surface area contributed by atoms with Crippen molar-refractivity contribution >= 4 is 29.2 Å². The maximum atomic E-state index is 13.1. The number of rotatable bonds is 12. The molecule has 0 atom stereocenters. The average molecular weight is 517 g/mol. The standard InChI is InChI=1S/C29H28N2O7/c1-2-3-4-5-6-7-18-37-29(34)20-8-10-21(11-9-20)30-27(32)25-17-16-24(19-26(25)28(30)33)38-23-14-12-22(13-15-23)31(35)36/h8-17,19H,2-7,18H2,1H3. The highest BCUT2D eigenvalue weighted by Crippen LogP contribution is 2.33. The minimum absolute atomic E-state index is 0.0696. The zero-order chi connectivity index (χ0) is 27.1. The molecule has 0 N–H and O–H groups in total. The number of esters is 1. The van der Waals surface area contributed by atoms with Gasteiger partial charge in [-0.2, -0.15) is 0 Å². The number of non-ortho nitro benzene ring substituents is 1. The largest absolute Gasteiger partial charge is 0.462 e. The van der Waals surface area contributed by atoms with Crippen LogP contribution in [0.3, 0.4) is 0 Å². The summed E-state index contributed by atoms with van der Waals surface area (Å²) in [4.78, 5) is 49.8. The normalized spacial score (nSPS) is 12.4. The van der Waals surface area contributed by atoms with Gasteiger partial charge in [0.15, 0.2) is 0 Å². The number of nitrogens with zero attached hydrogens (tertiary/aromatic N) is 2. The van der Waals surface area contributed by atoms with Crippen LogP contribution >= 0.6 is 0 Å². The lowest BCUT2D eigenvalue weighted by Crippen LogP contribution is -2.29. The van der Waals surface area contributed by atoms with Crippen LogP contribution in [0.1, 0.15) is 76.5 Å². The minimum atomic E-state index is -0.516. The summed E-state index contributed by atoms with van der Waals surface area (Å²) in [6.07, 6.45) is 6.57. The number of hydrogen-bond acceptors (Lipinski definition) is 7. The first-order chi connectivity index (χ1) is 18.4. The molecule has 0 aliphatic carbocycles. The number of amides is 2. The highest BCUT2D eigenvalue weighted by atomic mass is 16.6. The van der Waals surface area contributed by atoms with Crippen LogP contribution in [0, 0.1) is 10.1 Å². The number of anilines is 1. The lowest BCUT2D eigenvalue weighted by Gasteiger charge is -2.14. The molecule has 1 aliphatic rings. The van der Waals surface area contributed by atoms with Gasteiger partial charge in [-0.25, -0.2) is 9.69 Å². The van der Waals surface area contributed by atoms with Gasteiger partial charge in [0.25, 0.3) is 17.5 Å². The van der Waals surface area contributed by atoms with Gasteiger partial charge in [-0.15, -0.1) is 0 Å². The second kappa shape index (κ2) is 12.1. The van der Waals surface area contributed by atoms with E-state index in [1.54, 1.807) is 6.07 Å². The van der Waals surface area contributed by atoms with Gasteiger partial charge < -0.3 is 9.47 Å². The van der Waals surface area contributed by atoms with Crippen molar-refractivity contribution in [2.45, 2.75) is 45.4 Å². The summed E-state index contributed by atoms with van der Waals surface area (Å²) < 4.78 is 11.1. The Morgan fingerprint density at radius 3 is 2.13 bits per heavy atom. The maximum Gasteiger partial charge on any atom is 0.338 e. The van der Waals surface area contributed by atoms with E-state index in [9.17, 15) is 24.5 Å². The SMILES string of the molecule is CCCCCCCCOC(=O)c1ccc(N2C(=O)c3ccc(Oc4ccc([N+](=O)[O-])cc4)cc3C2=O)cc1. The maximum absolute atomic E-state index is 13.1. The van der Waals surface area contributed by atoms with Gasteiger partial charge >= 0.3 is 5.97 Å². The van der Waals surface area contributed by atoms with E-state index in [0.29, 0.717) is 29.4 Å². The highest BCUT2D eigenvalue weighted by Gasteiger charge is 2.37. The Kier molecular flexibility index (Phi) is 8.47. The zero-order valence-electron chi connectivity index (χ0n) is 21.1. The number of nitro benzene ring substituents is 1. The fourth-order valence-corrected chi connectivity index (χ4v) is 4.17. The van der Waals surface area contributed by atoms with Gasteiger partial charge in [0, 0.05) is 12.1 Å². The molecule has 9 nitrogen and oxygen atoms in total. The monoisotopic (exact) mass is 516 g/mol. The van der Waals surface area contributed by atoms with Crippen molar-refractivity contribution < 1.29 is 28.8 Å². The Morgan fingerprint density at radius 1 is 0.816 bits per heavy atom. The zero-order valence-corrected chi connectivity index (χ0v) is 21.1. The van der Waals surface area contributed by atoms with Gasteiger partial charge in [0.2, 0.25) is 0 Å². The molecule has 0 aromatic heterocycles. The summed E-state index contributed by atoms with van der Waals surface area (Å²) in [7, 11) is 0. The van der Waals surface area contributed by atoms with Crippen molar-refractivity contribution in [2.24, 2.45) is 0 Å². The lowest BCUT2D eigenvalue weighted by molar-refractivity contribution is -0.384. The van der Waals surface area contributed by atoms with Crippen LogP contribution in [0.5, 0.6) is 11.5 Å². The Labute approximate surface area is 220 Å². The van der Waals surface area contributed by atoms with Crippen molar-refractivity contribution in [2.75, 3.05) is 11.5 Å². The number of imide groups is 1. The lowest BCUT2D eigenvalue weighted by atomic mass is 10.1. The van der Waals surface area contributed by atoms with E-state index in [4.69, 9.17) is 9.47 Å². The third-order valence-electron chi connectivity index (χ3n) is 6.23. The molecule has 3 aromatic carbocycles. The summed E-state index contributed by atoms with van der Waals surface area (Å²) >= 11 is 0. The molecular weight excluding hydrogens is 488 g/mol. The number of nitro groups is 1. The number of carbonyl (C=O) groups excluding carboxylic acids is 3. The number of fused-ring (bicyclic) bond motifs is 1. The summed E-state index contributed by atoms with van der Waals surface area (Å²) in [5.74, 6) is -0.782. The van der Waals surface area contributed by atoms with Gasteiger partial charge in [-0.05, 0) is 61.0 Å². The van der Waals surface area contributed by atoms with Crippen LogP contribution in [-0.2, 0) is 4.74 Å². The molecule has 0 spiro atoms. The van der Waals surface area contributed by atoms with Crippen LogP contribution in [-0.4, -0.2) is 29.3 Å². The Morgan fingerprint density at radius 2 is 1.45 bits per heavy atom. The first-order valence-electron chi connectivity index (χ1n) is 12.6. The average Bonchev–Trinajstić information content (AvgIpc) is 3.17. The molecule has 2 amide bonds. The predicted octanol–water partition coefficient (Wildman–Crippen LogP) is 6.71. The molecular formula is C29H28N2O7. The van der Waals surface area contributed by atoms with E-state index >= 15 is 0 Å². The molecule has 0 saturated carbocycles. The predicted molar refractivity (Wildman–Crippen MR) is 141 cm³/mol. The van der Waals surface area contributed by atoms with Crippen LogP contribution in [0.2, 0.25) is 0 Å². The van der Waals surface area contributed by atoms with Crippen molar-refractivity contribution in [1.29, 1.82) is 0 Å². The summed E-state index contributed by atoms with van der Waals surface area (Å²) in [6.45, 7) is 2.52. The second-order valence-corrected chi connectivity index (χ2v) is 8.96. The number of unbranched alkanes of at least 4 members (excludes halogenated alkanes) is 5. The number of ether oxygens (including phenoxy) is 2. The molecule has 9 heteroatoms. The van der Waals surface area contributed by atoms with Crippen LogP contribution in [0.15, 0.2) is 66.7 Å². The quantitative estimate of drug-likeness (QED) is 0.0864. The van der Waals surface area contributed by atoms with Crippen molar-refractivity contribution in [1.82, 2.24) is 0 Å². The van der Waals surface area contributed by atoms with E-state index in [-0.39, 0.29) is 16.8 Å². The fraction of sp³-hybridized carbons (Fsp3) is 0.276. The number of carbonyl (C=O) groups is 3. The van der Waals surface area contributed by atoms with Gasteiger partial charge in [0.1, 0.15) is 11.5 Å². The molecule has 4 rings (SSSR count). The molecule has 0 saturated heterocycles. The second-order valence-electron chi connectivity index (χ2n) is 8.96. The molecule has 0 fully saturated rings. The molecule has 38 heavy (non-hydrogen) atoms. The molecule has 0 unspecified atom stereocenters. The van der Waals surface area contributed by atoms with E-state index in [2.05, 4.69) is 6.92 Å². The molecule has 196 valence electrons. The summed E-state index contributed by atoms with van der Waals surface area (Å²) in [5.41, 5.74) is 1.02.